The molecule has 0 aromatic heterocycles. The molecule has 0 bridgehead atoms. The molecule has 2 aromatic rings. The minimum atomic E-state index is -3.55. The zero-order valence-corrected chi connectivity index (χ0v) is 12.7. The van der Waals surface area contributed by atoms with Gasteiger partial charge in [0.25, 0.3) is 0 Å². The Morgan fingerprint density at radius 2 is 1.76 bits per heavy atom. The van der Waals surface area contributed by atoms with Crippen LogP contribution in [0.4, 0.5) is 0 Å². The SMILES string of the molecule is Cc1c(CO)cccc1S(=O)(=O)NCCc1ccccc1. The molecule has 4 nitrogen and oxygen atoms in total. The summed E-state index contributed by atoms with van der Waals surface area (Å²) in [6.07, 6.45) is 0.638. The fourth-order valence-electron chi connectivity index (χ4n) is 2.17. The van der Waals surface area contributed by atoms with E-state index in [1.165, 1.54) is 0 Å². The lowest BCUT2D eigenvalue weighted by molar-refractivity contribution is 0.280. The molecule has 112 valence electrons. The van der Waals surface area contributed by atoms with E-state index in [0.717, 1.165) is 5.56 Å². The second-order valence-corrected chi connectivity index (χ2v) is 6.57. The monoisotopic (exact) mass is 305 g/mol. The summed E-state index contributed by atoms with van der Waals surface area (Å²) in [4.78, 5) is 0.224. The maximum Gasteiger partial charge on any atom is 0.240 e. The standard InChI is InChI=1S/C16H19NO3S/c1-13-15(12-18)8-5-9-16(13)21(19,20)17-11-10-14-6-3-2-4-7-14/h2-9,17-18H,10-12H2,1H3. The number of benzene rings is 2. The minimum absolute atomic E-state index is 0.167. The molecule has 0 spiro atoms. The molecule has 0 aliphatic heterocycles. The van der Waals surface area contributed by atoms with E-state index < -0.39 is 10.0 Å². The minimum Gasteiger partial charge on any atom is -0.392 e. The first-order valence-electron chi connectivity index (χ1n) is 6.77. The Hall–Kier alpha value is -1.69. The van der Waals surface area contributed by atoms with E-state index in [0.29, 0.717) is 24.1 Å². The summed E-state index contributed by atoms with van der Waals surface area (Å²) in [6.45, 7) is 1.88. The first kappa shape index (κ1) is 15.7. The van der Waals surface area contributed by atoms with E-state index in [-0.39, 0.29) is 11.5 Å². The molecule has 0 atom stereocenters. The summed E-state index contributed by atoms with van der Waals surface area (Å²) < 4.78 is 27.2. The predicted molar refractivity (Wildman–Crippen MR) is 82.4 cm³/mol. The fraction of sp³-hybridized carbons (Fsp3) is 0.250. The number of sulfonamides is 1. The smallest absolute Gasteiger partial charge is 0.240 e. The fourth-order valence-corrected chi connectivity index (χ4v) is 3.49. The maximum absolute atomic E-state index is 12.3. The molecule has 0 fully saturated rings. The Bertz CT molecular complexity index is 697. The predicted octanol–water partition coefficient (Wildman–Crippen LogP) is 2.01. The molecule has 0 saturated carbocycles. The van der Waals surface area contributed by atoms with Crippen LogP contribution in [0.15, 0.2) is 53.4 Å². The molecule has 0 amide bonds. The highest BCUT2D eigenvalue weighted by Crippen LogP contribution is 2.18. The summed E-state index contributed by atoms with van der Waals surface area (Å²) in [6, 6.07) is 14.6. The van der Waals surface area contributed by atoms with Gasteiger partial charge in [-0.1, -0.05) is 42.5 Å². The van der Waals surface area contributed by atoms with Gasteiger partial charge >= 0.3 is 0 Å². The number of rotatable bonds is 6. The lowest BCUT2D eigenvalue weighted by Gasteiger charge is -2.11. The molecule has 5 heteroatoms. The van der Waals surface area contributed by atoms with Crippen molar-refractivity contribution in [3.05, 3.63) is 65.2 Å². The van der Waals surface area contributed by atoms with Gasteiger partial charge in [-0.15, -0.1) is 0 Å². The van der Waals surface area contributed by atoms with Gasteiger partial charge in [-0.3, -0.25) is 0 Å². The van der Waals surface area contributed by atoms with Gasteiger partial charge < -0.3 is 5.11 Å². The lowest BCUT2D eigenvalue weighted by Crippen LogP contribution is -2.26. The molecule has 2 N–H and O–H groups in total. The highest BCUT2D eigenvalue weighted by Gasteiger charge is 2.17. The average molecular weight is 305 g/mol. The van der Waals surface area contributed by atoms with Crippen molar-refractivity contribution in [1.29, 1.82) is 0 Å². The van der Waals surface area contributed by atoms with Gasteiger partial charge in [0.2, 0.25) is 10.0 Å². The molecule has 0 aliphatic carbocycles. The van der Waals surface area contributed by atoms with Crippen LogP contribution in [0.25, 0.3) is 0 Å². The highest BCUT2D eigenvalue weighted by molar-refractivity contribution is 7.89. The highest BCUT2D eigenvalue weighted by atomic mass is 32.2. The summed E-state index contributed by atoms with van der Waals surface area (Å²) in [7, 11) is -3.55. The number of aliphatic hydroxyl groups excluding tert-OH is 1. The van der Waals surface area contributed by atoms with E-state index in [2.05, 4.69) is 4.72 Å². The molecular formula is C16H19NO3S. The van der Waals surface area contributed by atoms with Crippen LogP contribution < -0.4 is 4.72 Å². The van der Waals surface area contributed by atoms with Crippen molar-refractivity contribution >= 4 is 10.0 Å². The topological polar surface area (TPSA) is 66.4 Å². The second kappa shape index (κ2) is 6.85. The van der Waals surface area contributed by atoms with E-state index >= 15 is 0 Å². The van der Waals surface area contributed by atoms with Crippen LogP contribution in [0.2, 0.25) is 0 Å². The summed E-state index contributed by atoms with van der Waals surface area (Å²) >= 11 is 0. The van der Waals surface area contributed by atoms with Gasteiger partial charge in [0.15, 0.2) is 0 Å². The average Bonchev–Trinajstić information content (AvgIpc) is 2.48. The number of hydrogen-bond acceptors (Lipinski definition) is 3. The molecule has 0 heterocycles. The van der Waals surface area contributed by atoms with E-state index in [4.69, 9.17) is 0 Å². The van der Waals surface area contributed by atoms with Crippen LogP contribution in [-0.2, 0) is 23.1 Å². The number of aliphatic hydroxyl groups is 1. The molecule has 0 aliphatic rings. The molecule has 0 radical (unpaired) electrons. The van der Waals surface area contributed by atoms with Crippen LogP contribution in [0.5, 0.6) is 0 Å². The van der Waals surface area contributed by atoms with Gasteiger partial charge in [0.1, 0.15) is 0 Å². The first-order chi connectivity index (χ1) is 10.0. The van der Waals surface area contributed by atoms with Crippen LogP contribution in [0, 0.1) is 6.92 Å². The molecular weight excluding hydrogens is 286 g/mol. The van der Waals surface area contributed by atoms with Crippen molar-refractivity contribution in [2.24, 2.45) is 0 Å². The van der Waals surface area contributed by atoms with Crippen LogP contribution in [0.1, 0.15) is 16.7 Å². The number of nitrogens with one attached hydrogen (secondary N) is 1. The Balaban J connectivity index is 2.09. The normalized spacial score (nSPS) is 11.5. The van der Waals surface area contributed by atoms with Crippen molar-refractivity contribution < 1.29 is 13.5 Å². The third kappa shape index (κ3) is 3.91. The third-order valence-electron chi connectivity index (χ3n) is 3.40. The molecule has 2 rings (SSSR count). The zero-order valence-electron chi connectivity index (χ0n) is 11.9. The van der Waals surface area contributed by atoms with Gasteiger partial charge in [-0.2, -0.15) is 0 Å². The summed E-state index contributed by atoms with van der Waals surface area (Å²) in [5, 5.41) is 9.22. The van der Waals surface area contributed by atoms with Crippen molar-refractivity contribution in [1.82, 2.24) is 4.72 Å². The summed E-state index contributed by atoms with van der Waals surface area (Å²) in [5.41, 5.74) is 2.30. The maximum atomic E-state index is 12.3. The molecule has 21 heavy (non-hydrogen) atoms. The Morgan fingerprint density at radius 3 is 2.43 bits per heavy atom. The number of hydrogen-bond donors (Lipinski definition) is 2. The largest absolute Gasteiger partial charge is 0.392 e. The lowest BCUT2D eigenvalue weighted by atomic mass is 10.1. The zero-order chi connectivity index (χ0) is 15.3. The van der Waals surface area contributed by atoms with Crippen molar-refractivity contribution in [3.8, 4) is 0 Å². The van der Waals surface area contributed by atoms with Gasteiger partial charge in [0.05, 0.1) is 11.5 Å². The Kier molecular flexibility index (Phi) is 5.12. The molecule has 0 unspecified atom stereocenters. The molecule has 2 aromatic carbocycles. The van der Waals surface area contributed by atoms with E-state index in [1.54, 1.807) is 25.1 Å². The van der Waals surface area contributed by atoms with Crippen molar-refractivity contribution in [2.75, 3.05) is 6.54 Å². The Labute approximate surface area is 125 Å². The van der Waals surface area contributed by atoms with E-state index in [9.17, 15) is 13.5 Å². The van der Waals surface area contributed by atoms with Crippen molar-refractivity contribution in [2.45, 2.75) is 24.8 Å². The van der Waals surface area contributed by atoms with Gasteiger partial charge in [0, 0.05) is 6.54 Å². The van der Waals surface area contributed by atoms with E-state index in [1.807, 2.05) is 30.3 Å². The van der Waals surface area contributed by atoms with Gasteiger partial charge in [-0.05, 0) is 36.1 Å². The van der Waals surface area contributed by atoms with Crippen LogP contribution >= 0.6 is 0 Å². The quantitative estimate of drug-likeness (QED) is 0.858. The molecule has 0 saturated heterocycles. The first-order valence-corrected chi connectivity index (χ1v) is 8.26. The van der Waals surface area contributed by atoms with Crippen LogP contribution in [0.3, 0.4) is 0 Å². The Morgan fingerprint density at radius 1 is 1.05 bits per heavy atom. The third-order valence-corrected chi connectivity index (χ3v) is 5.01. The summed E-state index contributed by atoms with van der Waals surface area (Å²) in [5.74, 6) is 0. The second-order valence-electron chi connectivity index (χ2n) is 4.83. The van der Waals surface area contributed by atoms with Crippen LogP contribution in [-0.4, -0.2) is 20.1 Å². The van der Waals surface area contributed by atoms with Crippen molar-refractivity contribution in [3.63, 3.8) is 0 Å². The van der Waals surface area contributed by atoms with Gasteiger partial charge in [-0.25, -0.2) is 13.1 Å².